The fraction of sp³-hybridized carbons (Fsp3) is 0.750. The summed E-state index contributed by atoms with van der Waals surface area (Å²) in [5.74, 6) is -3.57. The van der Waals surface area contributed by atoms with E-state index in [0.29, 0.717) is 0 Å². The highest BCUT2D eigenvalue weighted by Gasteiger charge is 2.47. The van der Waals surface area contributed by atoms with Crippen LogP contribution in [-0.4, -0.2) is 35.4 Å². The van der Waals surface area contributed by atoms with E-state index in [1.807, 2.05) is 0 Å². The van der Waals surface area contributed by atoms with Crippen molar-refractivity contribution < 1.29 is 13.6 Å². The number of nitriles is 1. The lowest BCUT2D eigenvalue weighted by molar-refractivity contribution is -0.133. The van der Waals surface area contributed by atoms with Gasteiger partial charge in [0.25, 0.3) is 5.92 Å². The van der Waals surface area contributed by atoms with Gasteiger partial charge in [0.1, 0.15) is 6.04 Å². The lowest BCUT2D eigenvalue weighted by atomic mass is 10.2. The first-order valence-corrected chi connectivity index (χ1v) is 4.21. The number of carbonyl (C=O) groups excluding carboxylic acids is 1. The van der Waals surface area contributed by atoms with Crippen LogP contribution in [0.4, 0.5) is 8.78 Å². The molecule has 0 aliphatic carbocycles. The van der Waals surface area contributed by atoms with Crippen LogP contribution < -0.4 is 5.73 Å². The Morgan fingerprint density at radius 1 is 1.79 bits per heavy atom. The fourth-order valence-electron chi connectivity index (χ4n) is 1.43. The molecular weight excluding hydrogens is 192 g/mol. The van der Waals surface area contributed by atoms with Crippen LogP contribution in [-0.2, 0) is 4.79 Å². The van der Waals surface area contributed by atoms with E-state index in [1.54, 1.807) is 6.07 Å². The monoisotopic (exact) mass is 203 g/mol. The Kier molecular flexibility index (Phi) is 2.71. The minimum Gasteiger partial charge on any atom is -0.320 e. The first kappa shape index (κ1) is 10.9. The smallest absolute Gasteiger partial charge is 0.268 e. The molecule has 1 unspecified atom stereocenters. The van der Waals surface area contributed by atoms with Gasteiger partial charge in [0.05, 0.1) is 18.7 Å². The Morgan fingerprint density at radius 2 is 2.36 bits per heavy atom. The first-order chi connectivity index (χ1) is 6.37. The van der Waals surface area contributed by atoms with E-state index >= 15 is 0 Å². The number of hydrogen-bond acceptors (Lipinski definition) is 3. The summed E-state index contributed by atoms with van der Waals surface area (Å²) in [6, 6.07) is -0.225. The van der Waals surface area contributed by atoms with E-state index in [1.165, 1.54) is 6.92 Å². The van der Waals surface area contributed by atoms with Crippen LogP contribution in [0.1, 0.15) is 13.3 Å². The number of nitrogens with two attached hydrogens (primary N) is 1. The Labute approximate surface area is 80.3 Å². The molecule has 1 aliphatic rings. The number of hydrogen-bond donors (Lipinski definition) is 1. The Hall–Kier alpha value is -1.22. The SMILES string of the molecule is CC(N)C(=O)N1CC(F)(F)C[C@H]1C#N. The third kappa shape index (κ3) is 1.99. The summed E-state index contributed by atoms with van der Waals surface area (Å²) >= 11 is 0. The predicted octanol–water partition coefficient (Wildman–Crippen LogP) is 0.0934. The summed E-state index contributed by atoms with van der Waals surface area (Å²) < 4.78 is 25.7. The minimum atomic E-state index is -2.97. The number of carbonyl (C=O) groups is 1. The lowest BCUT2D eigenvalue weighted by Crippen LogP contribution is -2.44. The van der Waals surface area contributed by atoms with E-state index in [4.69, 9.17) is 11.0 Å². The molecule has 6 heteroatoms. The zero-order chi connectivity index (χ0) is 10.9. The maximum Gasteiger partial charge on any atom is 0.268 e. The minimum absolute atomic E-state index is 0.595. The molecule has 0 saturated carbocycles. The molecule has 1 amide bonds. The van der Waals surface area contributed by atoms with Gasteiger partial charge in [0, 0.05) is 6.42 Å². The summed E-state index contributed by atoms with van der Waals surface area (Å²) in [5.41, 5.74) is 5.28. The first-order valence-electron chi connectivity index (χ1n) is 4.21. The molecular formula is C8H11F2N3O. The molecule has 78 valence electrons. The van der Waals surface area contributed by atoms with Crippen LogP contribution in [0, 0.1) is 11.3 Å². The van der Waals surface area contributed by atoms with E-state index in [-0.39, 0.29) is 0 Å². The zero-order valence-electron chi connectivity index (χ0n) is 7.70. The van der Waals surface area contributed by atoms with Gasteiger partial charge in [-0.2, -0.15) is 5.26 Å². The molecule has 14 heavy (non-hydrogen) atoms. The maximum atomic E-state index is 12.9. The largest absolute Gasteiger partial charge is 0.320 e. The number of nitrogens with zero attached hydrogens (tertiary/aromatic N) is 2. The van der Waals surface area contributed by atoms with Gasteiger partial charge in [-0.25, -0.2) is 8.78 Å². The number of alkyl halides is 2. The van der Waals surface area contributed by atoms with Crippen LogP contribution in [0.3, 0.4) is 0 Å². The van der Waals surface area contributed by atoms with Crippen molar-refractivity contribution in [3.8, 4) is 6.07 Å². The molecule has 1 saturated heterocycles. The Bertz CT molecular complexity index is 285. The molecule has 2 atom stereocenters. The van der Waals surface area contributed by atoms with Crippen LogP contribution in [0.25, 0.3) is 0 Å². The molecule has 0 bridgehead atoms. The highest BCUT2D eigenvalue weighted by atomic mass is 19.3. The van der Waals surface area contributed by atoms with Gasteiger partial charge in [-0.15, -0.1) is 0 Å². The van der Waals surface area contributed by atoms with Crippen LogP contribution >= 0.6 is 0 Å². The summed E-state index contributed by atoms with van der Waals surface area (Å²) in [6.07, 6.45) is -0.595. The van der Waals surface area contributed by atoms with Gasteiger partial charge in [-0.05, 0) is 6.92 Å². The number of halogens is 2. The number of amides is 1. The second-order valence-electron chi connectivity index (χ2n) is 3.46. The average Bonchev–Trinajstić information content (AvgIpc) is 2.39. The fourth-order valence-corrected chi connectivity index (χ4v) is 1.43. The molecule has 1 aliphatic heterocycles. The maximum absolute atomic E-state index is 12.9. The molecule has 1 rings (SSSR count). The summed E-state index contributed by atoms with van der Waals surface area (Å²) in [4.78, 5) is 12.2. The quantitative estimate of drug-likeness (QED) is 0.656. The standard InChI is InChI=1S/C8H11F2N3O/c1-5(12)7(14)13-4-8(9,10)2-6(13)3-11/h5-6H,2,4,12H2,1H3/t5?,6-/m0/s1. The lowest BCUT2D eigenvalue weighted by Gasteiger charge is -2.20. The van der Waals surface area contributed by atoms with Gasteiger partial charge >= 0.3 is 0 Å². The van der Waals surface area contributed by atoms with Crippen molar-refractivity contribution >= 4 is 5.91 Å². The van der Waals surface area contributed by atoms with E-state index in [9.17, 15) is 13.6 Å². The third-order valence-corrected chi connectivity index (χ3v) is 2.09. The summed E-state index contributed by atoms with van der Waals surface area (Å²) in [6.45, 7) is 0.707. The molecule has 0 aromatic heterocycles. The van der Waals surface area contributed by atoms with Gasteiger partial charge in [0.2, 0.25) is 5.91 Å². The predicted molar refractivity (Wildman–Crippen MR) is 44.3 cm³/mol. The molecule has 2 N–H and O–H groups in total. The molecule has 1 heterocycles. The van der Waals surface area contributed by atoms with Gasteiger partial charge < -0.3 is 10.6 Å². The van der Waals surface area contributed by atoms with Gasteiger partial charge in [-0.3, -0.25) is 4.79 Å². The van der Waals surface area contributed by atoms with Crippen LogP contribution in [0.5, 0.6) is 0 Å². The second kappa shape index (κ2) is 3.50. The normalized spacial score (nSPS) is 27.1. The second-order valence-corrected chi connectivity index (χ2v) is 3.46. The molecule has 1 fully saturated rings. The molecule has 4 nitrogen and oxygen atoms in total. The average molecular weight is 203 g/mol. The molecule has 0 spiro atoms. The van der Waals surface area contributed by atoms with Gasteiger partial charge in [0.15, 0.2) is 0 Å². The Morgan fingerprint density at radius 3 is 2.79 bits per heavy atom. The van der Waals surface area contributed by atoms with Crippen LogP contribution in [0.2, 0.25) is 0 Å². The highest BCUT2D eigenvalue weighted by Crippen LogP contribution is 2.31. The highest BCUT2D eigenvalue weighted by molar-refractivity contribution is 5.82. The molecule has 0 aromatic rings. The van der Waals surface area contributed by atoms with E-state index in [0.717, 1.165) is 4.90 Å². The Balaban J connectivity index is 2.80. The molecule has 0 radical (unpaired) electrons. The third-order valence-electron chi connectivity index (χ3n) is 2.09. The van der Waals surface area contributed by atoms with Gasteiger partial charge in [-0.1, -0.05) is 0 Å². The van der Waals surface area contributed by atoms with E-state index < -0.39 is 36.9 Å². The zero-order valence-corrected chi connectivity index (χ0v) is 7.70. The van der Waals surface area contributed by atoms with Crippen molar-refractivity contribution in [3.05, 3.63) is 0 Å². The van der Waals surface area contributed by atoms with Crippen molar-refractivity contribution in [2.24, 2.45) is 5.73 Å². The van der Waals surface area contributed by atoms with E-state index in [2.05, 4.69) is 0 Å². The van der Waals surface area contributed by atoms with Crippen molar-refractivity contribution in [2.45, 2.75) is 31.4 Å². The topological polar surface area (TPSA) is 70.1 Å². The molecule has 0 aromatic carbocycles. The number of likely N-dealkylation sites (tertiary alicyclic amines) is 1. The van der Waals surface area contributed by atoms with Crippen LogP contribution in [0.15, 0.2) is 0 Å². The summed E-state index contributed by atoms with van der Waals surface area (Å²) in [5, 5.41) is 8.58. The van der Waals surface area contributed by atoms with Crippen molar-refractivity contribution in [1.82, 2.24) is 4.90 Å². The van der Waals surface area contributed by atoms with Crippen molar-refractivity contribution in [2.75, 3.05) is 6.54 Å². The summed E-state index contributed by atoms with van der Waals surface area (Å²) in [7, 11) is 0. The van der Waals surface area contributed by atoms with Crippen molar-refractivity contribution in [3.63, 3.8) is 0 Å². The van der Waals surface area contributed by atoms with Crippen molar-refractivity contribution in [1.29, 1.82) is 5.26 Å². The number of rotatable bonds is 1.